The highest BCUT2D eigenvalue weighted by Gasteiger charge is 2.14. The largest absolute Gasteiger partial charge is 0.457 e. The molecule has 0 aliphatic carbocycles. The van der Waals surface area contributed by atoms with E-state index in [1.54, 1.807) is 4.52 Å². The fourth-order valence-electron chi connectivity index (χ4n) is 2.71. The SMILES string of the molecule is Cc1nc2ncnn2c(C)c1CCC(=O)OCC(=O)c1cccc(F)c1. The molecule has 0 saturated carbocycles. The van der Waals surface area contributed by atoms with Crippen LogP contribution in [-0.2, 0) is 16.0 Å². The Morgan fingerprint density at radius 2 is 2.08 bits per heavy atom. The smallest absolute Gasteiger partial charge is 0.306 e. The summed E-state index contributed by atoms with van der Waals surface area (Å²) in [6, 6.07) is 5.27. The van der Waals surface area contributed by atoms with Gasteiger partial charge in [0.1, 0.15) is 12.1 Å². The molecule has 8 heteroatoms. The molecule has 3 rings (SSSR count). The van der Waals surface area contributed by atoms with Crippen LogP contribution in [0.3, 0.4) is 0 Å². The molecule has 0 N–H and O–H groups in total. The van der Waals surface area contributed by atoms with Crippen LogP contribution in [0.15, 0.2) is 30.6 Å². The predicted molar refractivity (Wildman–Crippen MR) is 90.3 cm³/mol. The average molecular weight is 356 g/mol. The fraction of sp³-hybridized carbons (Fsp3) is 0.278. The molecule has 3 aromatic rings. The summed E-state index contributed by atoms with van der Waals surface area (Å²) >= 11 is 0. The van der Waals surface area contributed by atoms with Crippen molar-refractivity contribution in [1.82, 2.24) is 19.6 Å². The van der Waals surface area contributed by atoms with E-state index in [4.69, 9.17) is 4.74 Å². The Hall–Kier alpha value is -3.16. The molecule has 2 heterocycles. The lowest BCUT2D eigenvalue weighted by molar-refractivity contribution is -0.142. The summed E-state index contributed by atoms with van der Waals surface area (Å²) in [5.41, 5.74) is 2.68. The Morgan fingerprint density at radius 3 is 2.85 bits per heavy atom. The number of nitrogens with zero attached hydrogens (tertiary/aromatic N) is 4. The van der Waals surface area contributed by atoms with E-state index >= 15 is 0 Å². The van der Waals surface area contributed by atoms with Crippen LogP contribution in [0.4, 0.5) is 4.39 Å². The zero-order chi connectivity index (χ0) is 18.7. The normalized spacial score (nSPS) is 10.9. The number of benzene rings is 1. The van der Waals surface area contributed by atoms with Crippen LogP contribution in [0, 0.1) is 19.7 Å². The number of fused-ring (bicyclic) bond motifs is 1. The number of ether oxygens (including phenoxy) is 1. The van der Waals surface area contributed by atoms with Crippen LogP contribution in [-0.4, -0.2) is 37.9 Å². The Morgan fingerprint density at radius 1 is 1.27 bits per heavy atom. The number of hydrogen-bond acceptors (Lipinski definition) is 6. The van der Waals surface area contributed by atoms with Crippen molar-refractivity contribution in [3.8, 4) is 0 Å². The highest BCUT2D eigenvalue weighted by molar-refractivity contribution is 5.97. The summed E-state index contributed by atoms with van der Waals surface area (Å²) in [4.78, 5) is 32.3. The molecule has 7 nitrogen and oxygen atoms in total. The van der Waals surface area contributed by atoms with Crippen LogP contribution in [0.25, 0.3) is 5.78 Å². The number of Topliss-reactive ketones (excluding diaryl/α,β-unsaturated/α-hetero) is 1. The van der Waals surface area contributed by atoms with Crippen LogP contribution in [0.1, 0.15) is 33.7 Å². The second-order valence-corrected chi connectivity index (χ2v) is 5.83. The third kappa shape index (κ3) is 3.74. The zero-order valence-corrected chi connectivity index (χ0v) is 14.4. The average Bonchev–Trinajstić information content (AvgIpc) is 3.08. The molecular weight excluding hydrogens is 339 g/mol. The van der Waals surface area contributed by atoms with Gasteiger partial charge in [0, 0.05) is 23.4 Å². The maximum absolute atomic E-state index is 13.1. The molecule has 26 heavy (non-hydrogen) atoms. The first-order valence-corrected chi connectivity index (χ1v) is 8.06. The maximum atomic E-state index is 13.1. The second kappa shape index (κ2) is 7.38. The lowest BCUT2D eigenvalue weighted by Crippen LogP contribution is -2.15. The maximum Gasteiger partial charge on any atom is 0.306 e. The van der Waals surface area contributed by atoms with Gasteiger partial charge in [-0.05, 0) is 38.0 Å². The van der Waals surface area contributed by atoms with Gasteiger partial charge in [0.05, 0.1) is 0 Å². The summed E-state index contributed by atoms with van der Waals surface area (Å²) < 4.78 is 19.7. The van der Waals surface area contributed by atoms with E-state index in [1.807, 2.05) is 13.8 Å². The summed E-state index contributed by atoms with van der Waals surface area (Å²) in [6.07, 6.45) is 1.93. The Labute approximate surface area is 148 Å². The van der Waals surface area contributed by atoms with Gasteiger partial charge in [-0.3, -0.25) is 9.59 Å². The van der Waals surface area contributed by atoms with E-state index in [1.165, 1.54) is 24.5 Å². The molecule has 0 atom stereocenters. The van der Waals surface area contributed by atoms with E-state index in [0.717, 1.165) is 23.0 Å². The minimum absolute atomic E-state index is 0.0972. The number of rotatable bonds is 6. The fourth-order valence-corrected chi connectivity index (χ4v) is 2.71. The van der Waals surface area contributed by atoms with E-state index in [0.29, 0.717) is 12.2 Å². The van der Waals surface area contributed by atoms with Gasteiger partial charge in [0.25, 0.3) is 5.78 Å². The minimum Gasteiger partial charge on any atom is -0.457 e. The molecule has 0 saturated heterocycles. The molecule has 0 aliphatic heterocycles. The quantitative estimate of drug-likeness (QED) is 0.497. The molecule has 0 amide bonds. The molecule has 0 spiro atoms. The number of hydrogen-bond donors (Lipinski definition) is 0. The zero-order valence-electron chi connectivity index (χ0n) is 14.4. The predicted octanol–water partition coefficient (Wildman–Crippen LogP) is 2.24. The van der Waals surface area contributed by atoms with E-state index in [2.05, 4.69) is 15.1 Å². The number of halogens is 1. The van der Waals surface area contributed by atoms with Crippen molar-refractivity contribution < 1.29 is 18.7 Å². The number of ketones is 1. The van der Waals surface area contributed by atoms with Gasteiger partial charge in [-0.15, -0.1) is 0 Å². The lowest BCUT2D eigenvalue weighted by Gasteiger charge is -2.10. The van der Waals surface area contributed by atoms with Crippen molar-refractivity contribution in [2.75, 3.05) is 6.61 Å². The third-order valence-electron chi connectivity index (χ3n) is 4.08. The van der Waals surface area contributed by atoms with Crippen LogP contribution >= 0.6 is 0 Å². The van der Waals surface area contributed by atoms with Gasteiger partial charge >= 0.3 is 5.97 Å². The first-order valence-electron chi connectivity index (χ1n) is 8.06. The lowest BCUT2D eigenvalue weighted by atomic mass is 10.1. The number of aryl methyl sites for hydroxylation is 2. The van der Waals surface area contributed by atoms with Gasteiger partial charge in [-0.25, -0.2) is 13.9 Å². The topological polar surface area (TPSA) is 86.4 Å². The van der Waals surface area contributed by atoms with Crippen LogP contribution < -0.4 is 0 Å². The van der Waals surface area contributed by atoms with Crippen LogP contribution in [0.5, 0.6) is 0 Å². The number of aromatic nitrogens is 4. The molecule has 0 unspecified atom stereocenters. The van der Waals surface area contributed by atoms with Crippen molar-refractivity contribution in [2.45, 2.75) is 26.7 Å². The standard InChI is InChI=1S/C18H17FN4O3/c1-11-15(12(2)23-18(22-11)20-10-21-23)6-7-17(25)26-9-16(24)13-4-3-5-14(19)8-13/h3-5,8,10H,6-7,9H2,1-2H3. The summed E-state index contributed by atoms with van der Waals surface area (Å²) in [7, 11) is 0. The Balaban J connectivity index is 1.58. The molecule has 0 bridgehead atoms. The number of esters is 1. The molecule has 0 radical (unpaired) electrons. The number of carbonyl (C=O) groups excluding carboxylic acids is 2. The van der Waals surface area contributed by atoms with Gasteiger partial charge < -0.3 is 4.74 Å². The van der Waals surface area contributed by atoms with Crippen molar-refractivity contribution in [2.24, 2.45) is 0 Å². The van der Waals surface area contributed by atoms with Crippen molar-refractivity contribution in [1.29, 1.82) is 0 Å². The number of carbonyl (C=O) groups is 2. The summed E-state index contributed by atoms with van der Waals surface area (Å²) in [5, 5.41) is 4.10. The van der Waals surface area contributed by atoms with Crippen molar-refractivity contribution in [3.05, 3.63) is 58.9 Å². The molecule has 0 aliphatic rings. The molecule has 134 valence electrons. The van der Waals surface area contributed by atoms with E-state index in [9.17, 15) is 14.0 Å². The second-order valence-electron chi connectivity index (χ2n) is 5.83. The van der Waals surface area contributed by atoms with Gasteiger partial charge in [-0.1, -0.05) is 12.1 Å². The Bertz CT molecular complexity index is 984. The van der Waals surface area contributed by atoms with Gasteiger partial charge in [-0.2, -0.15) is 10.1 Å². The first-order chi connectivity index (χ1) is 12.5. The van der Waals surface area contributed by atoms with E-state index in [-0.39, 0.29) is 12.0 Å². The monoisotopic (exact) mass is 356 g/mol. The van der Waals surface area contributed by atoms with Gasteiger partial charge in [0.15, 0.2) is 12.4 Å². The highest BCUT2D eigenvalue weighted by atomic mass is 19.1. The molecule has 0 fully saturated rings. The Kier molecular flexibility index (Phi) is 5.01. The first kappa shape index (κ1) is 17.7. The van der Waals surface area contributed by atoms with Gasteiger partial charge in [0.2, 0.25) is 0 Å². The van der Waals surface area contributed by atoms with Crippen LogP contribution in [0.2, 0.25) is 0 Å². The highest BCUT2D eigenvalue weighted by Crippen LogP contribution is 2.15. The summed E-state index contributed by atoms with van der Waals surface area (Å²) in [6.45, 7) is 3.31. The molecule has 2 aromatic heterocycles. The molecular formula is C18H17FN4O3. The van der Waals surface area contributed by atoms with E-state index < -0.39 is 24.2 Å². The van der Waals surface area contributed by atoms with Crippen molar-refractivity contribution in [3.63, 3.8) is 0 Å². The minimum atomic E-state index is -0.510. The third-order valence-corrected chi connectivity index (χ3v) is 4.08. The van der Waals surface area contributed by atoms with Crippen molar-refractivity contribution >= 4 is 17.5 Å². The molecule has 1 aromatic carbocycles. The summed E-state index contributed by atoms with van der Waals surface area (Å²) in [5.74, 6) is -0.959.